The van der Waals surface area contributed by atoms with Crippen LogP contribution in [0.25, 0.3) is 0 Å². The maximum Gasteiger partial charge on any atom is 0.260 e. The molecule has 0 unspecified atom stereocenters. The lowest BCUT2D eigenvalue weighted by Crippen LogP contribution is -2.17. The van der Waals surface area contributed by atoms with Crippen molar-refractivity contribution in [2.24, 2.45) is 4.99 Å². The van der Waals surface area contributed by atoms with E-state index in [1.165, 1.54) is 13.1 Å². The molecule has 0 aliphatic carbocycles. The van der Waals surface area contributed by atoms with Crippen molar-refractivity contribution in [1.82, 2.24) is 4.98 Å². The molecule has 0 fully saturated rings. The molecule has 0 bridgehead atoms. The number of thiocarbonyl (C=S) groups is 1. The third kappa shape index (κ3) is 4.82. The first-order valence-corrected chi connectivity index (χ1v) is 7.23. The Bertz CT molecular complexity index is 752. The number of aliphatic imine (C=N–C) groups is 1. The lowest BCUT2D eigenvalue weighted by atomic mass is 10.2. The normalized spacial score (nSPS) is 11.9. The number of carbonyl (C=O) groups is 1. The molecule has 116 valence electrons. The van der Waals surface area contributed by atoms with Crippen LogP contribution in [0, 0.1) is 0 Å². The first-order chi connectivity index (χ1) is 11.1. The highest BCUT2D eigenvalue weighted by molar-refractivity contribution is 7.80. The van der Waals surface area contributed by atoms with Crippen molar-refractivity contribution in [2.45, 2.75) is 6.92 Å². The van der Waals surface area contributed by atoms with Crippen molar-refractivity contribution < 1.29 is 9.90 Å². The van der Waals surface area contributed by atoms with Crippen molar-refractivity contribution in [3.63, 3.8) is 0 Å². The number of anilines is 1. The second kappa shape index (κ2) is 7.95. The second-order valence-corrected chi connectivity index (χ2v) is 5.01. The summed E-state index contributed by atoms with van der Waals surface area (Å²) in [7, 11) is 0. The van der Waals surface area contributed by atoms with Crippen molar-refractivity contribution in [1.29, 1.82) is 0 Å². The van der Waals surface area contributed by atoms with Crippen LogP contribution in [-0.4, -0.2) is 27.2 Å². The Kier molecular flexibility index (Phi) is 5.71. The Labute approximate surface area is 139 Å². The first-order valence-electron chi connectivity index (χ1n) is 6.82. The van der Waals surface area contributed by atoms with E-state index in [1.54, 1.807) is 48.8 Å². The van der Waals surface area contributed by atoms with Crippen LogP contribution in [0.2, 0.25) is 0 Å². The third-order valence-corrected chi connectivity index (χ3v) is 3.25. The average molecular weight is 325 g/mol. The van der Waals surface area contributed by atoms with Gasteiger partial charge >= 0.3 is 0 Å². The largest absolute Gasteiger partial charge is 0.512 e. The van der Waals surface area contributed by atoms with Gasteiger partial charge < -0.3 is 10.4 Å². The molecule has 0 radical (unpaired) electrons. The third-order valence-electron chi connectivity index (χ3n) is 2.90. The van der Waals surface area contributed by atoms with Crippen LogP contribution in [0.15, 0.2) is 71.2 Å². The van der Waals surface area contributed by atoms with E-state index in [0.717, 1.165) is 0 Å². The standard InChI is InChI=1S/C17H15N3O2S/c1-12(21)15(16(22)20-14-5-3-2-4-6-14)11-19-17(23)13-7-9-18-10-8-13/h2-11,21H,1H3,(H,20,22). The van der Waals surface area contributed by atoms with Gasteiger partial charge in [-0.2, -0.15) is 0 Å². The SMILES string of the molecule is CC(O)=C(C=NC(=S)c1ccncc1)C(=O)Nc1ccccc1. The van der Waals surface area contributed by atoms with Crippen LogP contribution in [0.4, 0.5) is 5.69 Å². The Morgan fingerprint density at radius 1 is 1.22 bits per heavy atom. The maximum atomic E-state index is 12.2. The van der Waals surface area contributed by atoms with Gasteiger partial charge in [-0.1, -0.05) is 30.4 Å². The number of amides is 1. The monoisotopic (exact) mass is 325 g/mol. The van der Waals surface area contributed by atoms with E-state index in [-0.39, 0.29) is 11.3 Å². The number of hydrogen-bond donors (Lipinski definition) is 2. The topological polar surface area (TPSA) is 74.6 Å². The van der Waals surface area contributed by atoms with Gasteiger partial charge in [0.2, 0.25) is 0 Å². The number of carbonyl (C=O) groups excluding carboxylic acids is 1. The number of para-hydroxylation sites is 1. The van der Waals surface area contributed by atoms with Gasteiger partial charge in [0, 0.05) is 29.9 Å². The molecule has 1 heterocycles. The molecule has 5 nitrogen and oxygen atoms in total. The van der Waals surface area contributed by atoms with E-state index >= 15 is 0 Å². The summed E-state index contributed by atoms with van der Waals surface area (Å²) >= 11 is 5.18. The summed E-state index contributed by atoms with van der Waals surface area (Å²) in [5.74, 6) is -0.600. The minimum Gasteiger partial charge on any atom is -0.512 e. The van der Waals surface area contributed by atoms with E-state index in [2.05, 4.69) is 15.3 Å². The maximum absolute atomic E-state index is 12.2. The highest BCUT2D eigenvalue weighted by Crippen LogP contribution is 2.09. The Morgan fingerprint density at radius 3 is 2.48 bits per heavy atom. The number of aromatic nitrogens is 1. The number of allylic oxidation sites excluding steroid dienone is 1. The number of aliphatic hydroxyl groups is 1. The number of rotatable bonds is 4. The minimum absolute atomic E-state index is 0.0465. The summed E-state index contributed by atoms with van der Waals surface area (Å²) in [6.45, 7) is 1.42. The number of benzene rings is 1. The predicted molar refractivity (Wildman–Crippen MR) is 94.8 cm³/mol. The fraction of sp³-hybridized carbons (Fsp3) is 0.0588. The molecule has 0 spiro atoms. The van der Waals surface area contributed by atoms with Crippen LogP contribution in [0.1, 0.15) is 12.5 Å². The van der Waals surface area contributed by atoms with Crippen molar-refractivity contribution in [3.05, 3.63) is 71.8 Å². The van der Waals surface area contributed by atoms with Gasteiger partial charge in [-0.15, -0.1) is 0 Å². The number of aliphatic hydroxyl groups excluding tert-OH is 1. The van der Waals surface area contributed by atoms with Crippen molar-refractivity contribution in [2.75, 3.05) is 5.32 Å². The van der Waals surface area contributed by atoms with Crippen LogP contribution in [0.3, 0.4) is 0 Å². The highest BCUT2D eigenvalue weighted by atomic mass is 32.1. The molecular weight excluding hydrogens is 310 g/mol. The molecule has 0 aliphatic rings. The summed E-state index contributed by atoms with van der Waals surface area (Å²) in [6.07, 6.45) is 4.47. The van der Waals surface area contributed by atoms with Crippen LogP contribution >= 0.6 is 12.2 Å². The molecule has 0 saturated heterocycles. The fourth-order valence-electron chi connectivity index (χ4n) is 1.73. The van der Waals surface area contributed by atoms with Gasteiger partial charge in [0.15, 0.2) is 0 Å². The summed E-state index contributed by atoms with van der Waals surface area (Å²) in [5, 5.41) is 12.4. The quantitative estimate of drug-likeness (QED) is 0.391. The van der Waals surface area contributed by atoms with Gasteiger partial charge in [-0.25, -0.2) is 4.99 Å². The Balaban J connectivity index is 2.13. The van der Waals surface area contributed by atoms with Gasteiger partial charge in [-0.3, -0.25) is 9.78 Å². The predicted octanol–water partition coefficient (Wildman–Crippen LogP) is 3.30. The second-order valence-electron chi connectivity index (χ2n) is 4.62. The smallest absolute Gasteiger partial charge is 0.260 e. The van der Waals surface area contributed by atoms with E-state index in [1.807, 2.05) is 6.07 Å². The minimum atomic E-state index is -0.461. The molecule has 23 heavy (non-hydrogen) atoms. The van der Waals surface area contributed by atoms with Gasteiger partial charge in [0.1, 0.15) is 10.7 Å². The van der Waals surface area contributed by atoms with E-state index in [9.17, 15) is 9.90 Å². The van der Waals surface area contributed by atoms with Crippen LogP contribution in [0.5, 0.6) is 0 Å². The summed E-state index contributed by atoms with van der Waals surface area (Å²) in [6, 6.07) is 12.4. The summed E-state index contributed by atoms with van der Waals surface area (Å²) in [5.41, 5.74) is 1.39. The highest BCUT2D eigenvalue weighted by Gasteiger charge is 2.11. The van der Waals surface area contributed by atoms with Crippen molar-refractivity contribution >= 4 is 35.0 Å². The zero-order valence-corrected chi connectivity index (χ0v) is 13.2. The molecule has 0 aliphatic heterocycles. The van der Waals surface area contributed by atoms with Gasteiger partial charge in [0.25, 0.3) is 5.91 Å². The lowest BCUT2D eigenvalue weighted by Gasteiger charge is -2.06. The summed E-state index contributed by atoms with van der Waals surface area (Å²) in [4.78, 5) is 20.5. The fourth-order valence-corrected chi connectivity index (χ4v) is 1.92. The Morgan fingerprint density at radius 2 is 1.87 bits per heavy atom. The van der Waals surface area contributed by atoms with E-state index < -0.39 is 5.91 Å². The van der Waals surface area contributed by atoms with Crippen LogP contribution in [-0.2, 0) is 4.79 Å². The lowest BCUT2D eigenvalue weighted by molar-refractivity contribution is -0.112. The number of hydrogen-bond acceptors (Lipinski definition) is 4. The number of nitrogens with zero attached hydrogens (tertiary/aromatic N) is 2. The molecule has 0 atom stereocenters. The average Bonchev–Trinajstić information content (AvgIpc) is 2.56. The summed E-state index contributed by atoms with van der Waals surface area (Å²) < 4.78 is 0. The number of pyridine rings is 1. The van der Waals surface area contributed by atoms with E-state index in [0.29, 0.717) is 16.2 Å². The zero-order valence-electron chi connectivity index (χ0n) is 12.4. The number of nitrogens with one attached hydrogen (secondary N) is 1. The van der Waals surface area contributed by atoms with Gasteiger partial charge in [-0.05, 0) is 31.2 Å². The molecular formula is C17H15N3O2S. The molecule has 1 amide bonds. The van der Waals surface area contributed by atoms with Crippen LogP contribution < -0.4 is 5.32 Å². The molecule has 2 N–H and O–H groups in total. The molecule has 1 aromatic carbocycles. The zero-order chi connectivity index (χ0) is 16.7. The van der Waals surface area contributed by atoms with Gasteiger partial charge in [0.05, 0.1) is 5.57 Å². The molecule has 2 rings (SSSR count). The van der Waals surface area contributed by atoms with Crippen molar-refractivity contribution in [3.8, 4) is 0 Å². The Hall–Kier alpha value is -2.86. The molecule has 0 saturated carbocycles. The molecule has 2 aromatic rings. The molecule has 6 heteroatoms. The molecule has 1 aromatic heterocycles. The first kappa shape index (κ1) is 16.5. The van der Waals surface area contributed by atoms with E-state index in [4.69, 9.17) is 12.2 Å².